The number of halogens is 2. The number of phenols is 1. The number of aromatic hydroxyl groups is 1. The van der Waals surface area contributed by atoms with E-state index in [4.69, 9.17) is 16.3 Å². The molecule has 2 rings (SSSR count). The first-order chi connectivity index (χ1) is 13.7. The molecule has 1 unspecified atom stereocenters. The Balaban J connectivity index is 2.08. The van der Waals surface area contributed by atoms with E-state index in [1.165, 1.54) is 13.3 Å². The Labute approximate surface area is 182 Å². The normalized spacial score (nSPS) is 12.1. The molecule has 154 valence electrons. The van der Waals surface area contributed by atoms with Gasteiger partial charge in [0.2, 0.25) is 0 Å². The summed E-state index contributed by atoms with van der Waals surface area (Å²) in [6.45, 7) is 3.61. The van der Waals surface area contributed by atoms with Gasteiger partial charge >= 0.3 is 0 Å². The lowest BCUT2D eigenvalue weighted by Crippen LogP contribution is -2.48. The predicted molar refractivity (Wildman–Crippen MR) is 116 cm³/mol. The van der Waals surface area contributed by atoms with Crippen molar-refractivity contribution in [2.75, 3.05) is 7.11 Å². The fourth-order valence-electron chi connectivity index (χ4n) is 2.44. The predicted octanol–water partition coefficient (Wildman–Crippen LogP) is 3.72. The number of phenolic OH excluding ortho intramolecular Hbond substituents is 1. The van der Waals surface area contributed by atoms with Crippen LogP contribution >= 0.6 is 27.5 Å². The van der Waals surface area contributed by atoms with Gasteiger partial charge in [-0.05, 0) is 42.3 Å². The van der Waals surface area contributed by atoms with Crippen molar-refractivity contribution in [3.8, 4) is 11.5 Å². The number of nitrogens with one attached hydrogen (secondary N) is 2. The number of carbonyl (C=O) groups excluding carboxylic acids is 2. The third-order valence-electron chi connectivity index (χ3n) is 4.01. The van der Waals surface area contributed by atoms with Crippen LogP contribution in [-0.2, 0) is 4.79 Å². The molecule has 0 aliphatic rings. The van der Waals surface area contributed by atoms with Crippen molar-refractivity contribution in [1.82, 2.24) is 10.7 Å². The Hall–Kier alpha value is -2.58. The van der Waals surface area contributed by atoms with Crippen LogP contribution in [0.3, 0.4) is 0 Å². The minimum absolute atomic E-state index is 0.106. The largest absolute Gasteiger partial charge is 0.504 e. The van der Waals surface area contributed by atoms with Crippen LogP contribution in [0.4, 0.5) is 0 Å². The lowest BCUT2D eigenvalue weighted by molar-refractivity contribution is -0.123. The molecule has 2 aromatic rings. The smallest absolute Gasteiger partial charge is 0.262 e. The Morgan fingerprint density at radius 2 is 1.90 bits per heavy atom. The summed E-state index contributed by atoms with van der Waals surface area (Å²) in [6, 6.07) is 8.78. The number of hydrogen-bond donors (Lipinski definition) is 3. The van der Waals surface area contributed by atoms with Crippen LogP contribution in [0.5, 0.6) is 11.5 Å². The molecule has 0 aliphatic heterocycles. The Bertz CT molecular complexity index is 917. The molecule has 3 N–H and O–H groups in total. The van der Waals surface area contributed by atoms with Crippen molar-refractivity contribution in [3.63, 3.8) is 0 Å². The van der Waals surface area contributed by atoms with Gasteiger partial charge in [0.1, 0.15) is 6.04 Å². The number of ether oxygens (including phenoxy) is 1. The van der Waals surface area contributed by atoms with Gasteiger partial charge in [0.15, 0.2) is 11.5 Å². The van der Waals surface area contributed by atoms with Gasteiger partial charge in [-0.1, -0.05) is 41.4 Å². The van der Waals surface area contributed by atoms with Crippen LogP contribution in [0.1, 0.15) is 29.8 Å². The number of benzene rings is 2. The summed E-state index contributed by atoms with van der Waals surface area (Å²) in [6.07, 6.45) is 1.29. The molecule has 1 atom stereocenters. The summed E-state index contributed by atoms with van der Waals surface area (Å²) in [5, 5.41) is 17.2. The van der Waals surface area contributed by atoms with Gasteiger partial charge in [0, 0.05) is 20.6 Å². The average molecular weight is 483 g/mol. The van der Waals surface area contributed by atoms with E-state index in [0.717, 1.165) is 0 Å². The van der Waals surface area contributed by atoms with E-state index in [1.807, 2.05) is 0 Å². The zero-order valence-corrected chi connectivity index (χ0v) is 18.4. The second-order valence-electron chi connectivity index (χ2n) is 6.48. The molecule has 0 saturated heterocycles. The van der Waals surface area contributed by atoms with Gasteiger partial charge in [-0.15, -0.1) is 0 Å². The summed E-state index contributed by atoms with van der Waals surface area (Å²) >= 11 is 9.14. The average Bonchev–Trinajstić information content (AvgIpc) is 2.68. The summed E-state index contributed by atoms with van der Waals surface area (Å²) < 4.78 is 5.75. The molecule has 29 heavy (non-hydrogen) atoms. The molecular formula is C20H21BrClN3O4. The van der Waals surface area contributed by atoms with Crippen LogP contribution in [0.25, 0.3) is 0 Å². The summed E-state index contributed by atoms with van der Waals surface area (Å²) in [5.41, 5.74) is 3.13. The quantitative estimate of drug-likeness (QED) is 0.414. The highest BCUT2D eigenvalue weighted by Gasteiger charge is 2.24. The van der Waals surface area contributed by atoms with E-state index in [0.29, 0.717) is 20.6 Å². The van der Waals surface area contributed by atoms with Crippen LogP contribution in [0, 0.1) is 5.92 Å². The summed E-state index contributed by atoms with van der Waals surface area (Å²) in [4.78, 5) is 24.9. The van der Waals surface area contributed by atoms with E-state index in [2.05, 4.69) is 31.8 Å². The van der Waals surface area contributed by atoms with Gasteiger partial charge in [-0.25, -0.2) is 5.43 Å². The Morgan fingerprint density at radius 3 is 2.48 bits per heavy atom. The first kappa shape index (κ1) is 22.7. The third-order valence-corrected chi connectivity index (χ3v) is 4.72. The molecule has 0 fully saturated rings. The van der Waals surface area contributed by atoms with Gasteiger partial charge in [-0.3, -0.25) is 9.59 Å². The lowest BCUT2D eigenvalue weighted by atomic mass is 10.0. The maximum Gasteiger partial charge on any atom is 0.262 e. The molecule has 0 radical (unpaired) electrons. The van der Waals surface area contributed by atoms with E-state index in [1.54, 1.807) is 50.2 Å². The van der Waals surface area contributed by atoms with Gasteiger partial charge in [0.05, 0.1) is 13.3 Å². The standard InChI is InChI=1S/C20H21BrClN3O4/c1-11(2)17(24-19(27)12-4-6-15(22)7-5-12)20(28)25-23-10-13-8-14(21)9-16(29-3)18(13)26/h4-11,17,26H,1-3H3,(H,24,27)(H,25,28)/b23-10+. The minimum Gasteiger partial charge on any atom is -0.504 e. The molecule has 0 aliphatic carbocycles. The summed E-state index contributed by atoms with van der Waals surface area (Å²) in [5.74, 6) is -0.901. The van der Waals surface area contributed by atoms with E-state index in [-0.39, 0.29) is 17.4 Å². The van der Waals surface area contributed by atoms with Crippen LogP contribution in [0.15, 0.2) is 46.0 Å². The summed E-state index contributed by atoms with van der Waals surface area (Å²) in [7, 11) is 1.43. The first-order valence-electron chi connectivity index (χ1n) is 8.68. The monoisotopic (exact) mass is 481 g/mol. The van der Waals surface area contributed by atoms with Gasteiger partial charge in [-0.2, -0.15) is 5.10 Å². The molecule has 0 bridgehead atoms. The maximum atomic E-state index is 12.5. The highest BCUT2D eigenvalue weighted by atomic mass is 79.9. The van der Waals surface area contributed by atoms with Crippen LogP contribution in [0.2, 0.25) is 5.02 Å². The molecule has 0 heterocycles. The number of amides is 2. The Kier molecular flexibility index (Phi) is 8.04. The van der Waals surface area contributed by atoms with Crippen molar-refractivity contribution >= 4 is 45.6 Å². The molecular weight excluding hydrogens is 462 g/mol. The molecule has 7 nitrogen and oxygen atoms in total. The van der Waals surface area contributed by atoms with Crippen molar-refractivity contribution in [2.24, 2.45) is 11.0 Å². The van der Waals surface area contributed by atoms with Crippen molar-refractivity contribution in [3.05, 3.63) is 57.0 Å². The van der Waals surface area contributed by atoms with Crippen molar-refractivity contribution in [1.29, 1.82) is 0 Å². The van der Waals surface area contributed by atoms with Crippen LogP contribution in [-0.4, -0.2) is 36.3 Å². The second kappa shape index (κ2) is 10.3. The highest BCUT2D eigenvalue weighted by molar-refractivity contribution is 9.10. The molecule has 0 spiro atoms. The first-order valence-corrected chi connectivity index (χ1v) is 9.86. The molecule has 9 heteroatoms. The fraction of sp³-hybridized carbons (Fsp3) is 0.250. The van der Waals surface area contributed by atoms with E-state index < -0.39 is 17.9 Å². The minimum atomic E-state index is -0.805. The van der Waals surface area contributed by atoms with Crippen molar-refractivity contribution in [2.45, 2.75) is 19.9 Å². The second-order valence-corrected chi connectivity index (χ2v) is 7.83. The van der Waals surface area contributed by atoms with Crippen LogP contribution < -0.4 is 15.5 Å². The number of hydrogen-bond acceptors (Lipinski definition) is 5. The Morgan fingerprint density at radius 1 is 1.24 bits per heavy atom. The fourth-order valence-corrected chi connectivity index (χ4v) is 3.02. The maximum absolute atomic E-state index is 12.5. The zero-order chi connectivity index (χ0) is 21.6. The molecule has 0 saturated carbocycles. The van der Waals surface area contributed by atoms with Gasteiger partial charge < -0.3 is 15.2 Å². The molecule has 2 aromatic carbocycles. The highest BCUT2D eigenvalue weighted by Crippen LogP contribution is 2.32. The molecule has 0 aromatic heterocycles. The third kappa shape index (κ3) is 6.20. The lowest BCUT2D eigenvalue weighted by Gasteiger charge is -2.20. The van der Waals surface area contributed by atoms with E-state index in [9.17, 15) is 14.7 Å². The number of nitrogens with zero attached hydrogens (tertiary/aromatic N) is 1. The van der Waals surface area contributed by atoms with Gasteiger partial charge in [0.25, 0.3) is 11.8 Å². The molecule has 2 amide bonds. The zero-order valence-electron chi connectivity index (χ0n) is 16.1. The van der Waals surface area contributed by atoms with Crippen molar-refractivity contribution < 1.29 is 19.4 Å². The topological polar surface area (TPSA) is 100 Å². The SMILES string of the molecule is COc1cc(Br)cc(/C=N/NC(=O)C(NC(=O)c2ccc(Cl)cc2)C(C)C)c1O. The number of carbonyl (C=O) groups is 2. The number of hydrazone groups is 1. The number of rotatable bonds is 7. The van der Waals surface area contributed by atoms with E-state index >= 15 is 0 Å². The number of methoxy groups -OCH3 is 1.